The van der Waals surface area contributed by atoms with Crippen molar-refractivity contribution in [3.63, 3.8) is 0 Å². The summed E-state index contributed by atoms with van der Waals surface area (Å²) in [6.07, 6.45) is 6.98. The summed E-state index contributed by atoms with van der Waals surface area (Å²) in [6.45, 7) is 3.68. The molecule has 1 atom stereocenters. The Morgan fingerprint density at radius 3 is 2.95 bits per heavy atom. The highest BCUT2D eigenvalue weighted by Crippen LogP contribution is 2.08. The monoisotopic (exact) mass is 265 g/mol. The van der Waals surface area contributed by atoms with Gasteiger partial charge >= 0.3 is 0 Å². The highest BCUT2D eigenvalue weighted by molar-refractivity contribution is 5.17. The standard InChI is InChI=1S/C16H24FNO/c1-3-4-5-10-18-16(9-11-19-2)13-14-7-6-8-15(17)12-14/h3-4,6-8,12,16,18H,5,9-11,13H2,1-2H3/b4-3+. The maximum Gasteiger partial charge on any atom is 0.123 e. The van der Waals surface area contributed by atoms with E-state index in [1.54, 1.807) is 19.2 Å². The van der Waals surface area contributed by atoms with Gasteiger partial charge in [-0.15, -0.1) is 0 Å². The number of hydrogen-bond acceptors (Lipinski definition) is 2. The molecule has 0 saturated carbocycles. The Morgan fingerprint density at radius 2 is 2.26 bits per heavy atom. The largest absolute Gasteiger partial charge is 0.385 e. The Balaban J connectivity index is 2.48. The van der Waals surface area contributed by atoms with Crippen LogP contribution in [-0.4, -0.2) is 26.3 Å². The number of hydrogen-bond donors (Lipinski definition) is 1. The van der Waals surface area contributed by atoms with E-state index in [2.05, 4.69) is 17.5 Å². The molecule has 1 N–H and O–H groups in total. The van der Waals surface area contributed by atoms with Gasteiger partial charge in [0.1, 0.15) is 5.82 Å². The second-order valence-electron chi connectivity index (χ2n) is 4.62. The van der Waals surface area contributed by atoms with Crippen molar-refractivity contribution < 1.29 is 9.13 Å². The third-order valence-electron chi connectivity index (χ3n) is 3.02. The van der Waals surface area contributed by atoms with E-state index in [1.807, 2.05) is 13.0 Å². The number of benzene rings is 1. The topological polar surface area (TPSA) is 21.3 Å². The molecular formula is C16H24FNO. The molecule has 0 aliphatic rings. The molecule has 0 aliphatic heterocycles. The summed E-state index contributed by atoms with van der Waals surface area (Å²) in [5.74, 6) is -0.170. The molecule has 1 unspecified atom stereocenters. The zero-order valence-electron chi connectivity index (χ0n) is 11.9. The Kier molecular flexibility index (Phi) is 8.10. The van der Waals surface area contributed by atoms with Crippen molar-refractivity contribution in [2.45, 2.75) is 32.2 Å². The minimum absolute atomic E-state index is 0.170. The van der Waals surface area contributed by atoms with Crippen LogP contribution in [0.4, 0.5) is 4.39 Å². The summed E-state index contributed by atoms with van der Waals surface area (Å²) in [5.41, 5.74) is 1.03. The Labute approximate surface area is 115 Å². The van der Waals surface area contributed by atoms with Gasteiger partial charge in [-0.2, -0.15) is 0 Å². The zero-order chi connectivity index (χ0) is 13.9. The van der Waals surface area contributed by atoms with Gasteiger partial charge < -0.3 is 10.1 Å². The maximum atomic E-state index is 13.2. The Hall–Kier alpha value is -1.19. The third kappa shape index (κ3) is 7.09. The van der Waals surface area contributed by atoms with E-state index in [1.165, 1.54) is 6.07 Å². The lowest BCUT2D eigenvalue weighted by Crippen LogP contribution is -2.33. The molecule has 0 heterocycles. The predicted octanol–water partition coefficient (Wildman–Crippen LogP) is 3.33. The summed E-state index contributed by atoms with van der Waals surface area (Å²) < 4.78 is 18.3. The van der Waals surface area contributed by atoms with Gasteiger partial charge in [0.25, 0.3) is 0 Å². The van der Waals surface area contributed by atoms with Crippen LogP contribution in [0.15, 0.2) is 36.4 Å². The van der Waals surface area contributed by atoms with Gasteiger partial charge in [-0.05, 0) is 50.4 Å². The van der Waals surface area contributed by atoms with Crippen LogP contribution >= 0.6 is 0 Å². The second-order valence-corrected chi connectivity index (χ2v) is 4.62. The van der Waals surface area contributed by atoms with E-state index in [9.17, 15) is 4.39 Å². The molecule has 0 fully saturated rings. The Morgan fingerprint density at radius 1 is 1.42 bits per heavy atom. The van der Waals surface area contributed by atoms with Crippen LogP contribution in [0.25, 0.3) is 0 Å². The lowest BCUT2D eigenvalue weighted by Gasteiger charge is -2.18. The van der Waals surface area contributed by atoms with Gasteiger partial charge in [-0.3, -0.25) is 0 Å². The fourth-order valence-electron chi connectivity index (χ4n) is 2.02. The first-order chi connectivity index (χ1) is 9.26. The van der Waals surface area contributed by atoms with Crippen molar-refractivity contribution >= 4 is 0 Å². The minimum atomic E-state index is -0.170. The molecule has 0 spiro atoms. The minimum Gasteiger partial charge on any atom is -0.385 e. The molecule has 1 rings (SSSR count). The van der Waals surface area contributed by atoms with Gasteiger partial charge in [-0.25, -0.2) is 4.39 Å². The first kappa shape index (κ1) is 15.9. The van der Waals surface area contributed by atoms with Crippen molar-refractivity contribution in [2.75, 3.05) is 20.3 Å². The van der Waals surface area contributed by atoms with Crippen molar-refractivity contribution in [3.8, 4) is 0 Å². The van der Waals surface area contributed by atoms with E-state index in [0.29, 0.717) is 6.04 Å². The second kappa shape index (κ2) is 9.70. The van der Waals surface area contributed by atoms with E-state index < -0.39 is 0 Å². The van der Waals surface area contributed by atoms with Crippen molar-refractivity contribution in [1.82, 2.24) is 5.32 Å². The highest BCUT2D eigenvalue weighted by Gasteiger charge is 2.09. The molecule has 3 heteroatoms. The SMILES string of the molecule is C/C=C/CCNC(CCOC)Cc1cccc(F)c1. The van der Waals surface area contributed by atoms with Crippen molar-refractivity contribution in [2.24, 2.45) is 0 Å². The van der Waals surface area contributed by atoms with Crippen molar-refractivity contribution in [3.05, 3.63) is 47.8 Å². The number of halogens is 1. The molecule has 1 aromatic carbocycles. The molecule has 0 amide bonds. The van der Waals surface area contributed by atoms with Crippen LogP contribution in [0, 0.1) is 5.82 Å². The van der Waals surface area contributed by atoms with E-state index in [0.717, 1.165) is 38.0 Å². The first-order valence-electron chi connectivity index (χ1n) is 6.84. The lowest BCUT2D eigenvalue weighted by atomic mass is 10.0. The first-order valence-corrected chi connectivity index (χ1v) is 6.84. The lowest BCUT2D eigenvalue weighted by molar-refractivity contribution is 0.182. The quantitative estimate of drug-likeness (QED) is 0.546. The van der Waals surface area contributed by atoms with Gasteiger partial charge in [0, 0.05) is 19.8 Å². The highest BCUT2D eigenvalue weighted by atomic mass is 19.1. The van der Waals surface area contributed by atoms with Crippen LogP contribution in [0.2, 0.25) is 0 Å². The van der Waals surface area contributed by atoms with Crippen LogP contribution in [0.1, 0.15) is 25.3 Å². The number of rotatable bonds is 9. The molecule has 19 heavy (non-hydrogen) atoms. The molecule has 0 saturated heterocycles. The number of allylic oxidation sites excluding steroid dienone is 1. The molecule has 2 nitrogen and oxygen atoms in total. The predicted molar refractivity (Wildman–Crippen MR) is 77.8 cm³/mol. The Bertz CT molecular complexity index is 379. The molecule has 0 radical (unpaired) electrons. The van der Waals surface area contributed by atoms with E-state index in [4.69, 9.17) is 4.74 Å². The summed E-state index contributed by atoms with van der Waals surface area (Å²) >= 11 is 0. The zero-order valence-corrected chi connectivity index (χ0v) is 11.9. The third-order valence-corrected chi connectivity index (χ3v) is 3.02. The molecular weight excluding hydrogens is 241 g/mol. The smallest absolute Gasteiger partial charge is 0.123 e. The van der Waals surface area contributed by atoms with Gasteiger partial charge in [0.15, 0.2) is 0 Å². The summed E-state index contributed by atoms with van der Waals surface area (Å²) in [4.78, 5) is 0. The van der Waals surface area contributed by atoms with Crippen molar-refractivity contribution in [1.29, 1.82) is 0 Å². The van der Waals surface area contributed by atoms with E-state index in [-0.39, 0.29) is 5.82 Å². The van der Waals surface area contributed by atoms with E-state index >= 15 is 0 Å². The fourth-order valence-corrected chi connectivity index (χ4v) is 2.02. The summed E-state index contributed by atoms with van der Waals surface area (Å²) in [7, 11) is 1.71. The molecule has 1 aromatic rings. The van der Waals surface area contributed by atoms with Crippen LogP contribution < -0.4 is 5.32 Å². The van der Waals surface area contributed by atoms with Crippen LogP contribution in [0.3, 0.4) is 0 Å². The van der Waals surface area contributed by atoms with Gasteiger partial charge in [0.2, 0.25) is 0 Å². The summed E-state index contributed by atoms with van der Waals surface area (Å²) in [5, 5.41) is 3.50. The molecule has 0 bridgehead atoms. The average Bonchev–Trinajstić information content (AvgIpc) is 2.40. The van der Waals surface area contributed by atoms with Gasteiger partial charge in [-0.1, -0.05) is 24.3 Å². The van der Waals surface area contributed by atoms with Gasteiger partial charge in [0.05, 0.1) is 0 Å². The molecule has 0 aliphatic carbocycles. The summed E-state index contributed by atoms with van der Waals surface area (Å²) in [6, 6.07) is 7.14. The molecule has 0 aromatic heterocycles. The number of methoxy groups -OCH3 is 1. The number of ether oxygens (including phenoxy) is 1. The van der Waals surface area contributed by atoms with Crippen LogP contribution in [-0.2, 0) is 11.2 Å². The maximum absolute atomic E-state index is 13.2. The average molecular weight is 265 g/mol. The normalized spacial score (nSPS) is 13.0. The number of nitrogens with one attached hydrogen (secondary N) is 1. The van der Waals surface area contributed by atoms with Crippen LogP contribution in [0.5, 0.6) is 0 Å². The fraction of sp³-hybridized carbons (Fsp3) is 0.500. The molecule has 106 valence electrons.